The first-order chi connectivity index (χ1) is 21.7. The van der Waals surface area contributed by atoms with Crippen molar-refractivity contribution in [1.82, 2.24) is 19.7 Å². The van der Waals surface area contributed by atoms with Crippen molar-refractivity contribution in [3.8, 4) is 16.9 Å². The van der Waals surface area contributed by atoms with Crippen molar-refractivity contribution in [1.29, 1.82) is 0 Å². The van der Waals surface area contributed by atoms with Gasteiger partial charge in [0.05, 0.1) is 12.1 Å². The lowest BCUT2D eigenvalue weighted by Gasteiger charge is -2.25. The molecular weight excluding hydrogens is 623 g/mol. The molecule has 0 aliphatic carbocycles. The second-order valence-electron chi connectivity index (χ2n) is 12.9. The molecule has 13 heteroatoms. The lowest BCUT2D eigenvalue weighted by molar-refractivity contribution is -0.192. The van der Waals surface area contributed by atoms with Gasteiger partial charge >= 0.3 is 12.3 Å². The SMILES string of the molecule is Cc1c(CCOc2c(-c3ccc4nccc(CN(C)C(=O)OC(C)(C)C)c4c3)ccc(F)c2F)c(C(=O)C(C)(C)C(F)(F)F)nn1C. The van der Waals surface area contributed by atoms with Crippen molar-refractivity contribution in [3.05, 3.63) is 76.7 Å². The summed E-state index contributed by atoms with van der Waals surface area (Å²) in [6.07, 6.45) is -3.84. The minimum absolute atomic E-state index is 0.104. The van der Waals surface area contributed by atoms with Crippen molar-refractivity contribution in [2.75, 3.05) is 13.7 Å². The van der Waals surface area contributed by atoms with Gasteiger partial charge in [-0.25, -0.2) is 9.18 Å². The zero-order valence-corrected chi connectivity index (χ0v) is 27.5. The molecule has 0 saturated heterocycles. The predicted octanol–water partition coefficient (Wildman–Crippen LogP) is 7.98. The molecule has 1 amide bonds. The Bertz CT molecular complexity index is 1830. The number of pyridine rings is 1. The monoisotopic (exact) mass is 660 g/mol. The fourth-order valence-corrected chi connectivity index (χ4v) is 4.88. The van der Waals surface area contributed by atoms with Crippen LogP contribution in [-0.2, 0) is 24.8 Å². The van der Waals surface area contributed by atoms with Crippen LogP contribution in [0, 0.1) is 24.0 Å². The van der Waals surface area contributed by atoms with Crippen LogP contribution in [-0.4, -0.2) is 57.0 Å². The number of carbonyl (C=O) groups is 2. The van der Waals surface area contributed by atoms with Crippen molar-refractivity contribution in [2.24, 2.45) is 12.5 Å². The largest absolute Gasteiger partial charge is 0.489 e. The number of carbonyl (C=O) groups excluding carboxylic acids is 2. The maximum atomic E-state index is 15.3. The van der Waals surface area contributed by atoms with Crippen molar-refractivity contribution >= 4 is 22.8 Å². The molecule has 0 aliphatic heterocycles. The second kappa shape index (κ2) is 12.9. The molecule has 252 valence electrons. The Labute approximate surface area is 269 Å². The quantitative estimate of drug-likeness (QED) is 0.134. The van der Waals surface area contributed by atoms with Crippen LogP contribution in [0.3, 0.4) is 0 Å². The molecule has 0 spiro atoms. The first-order valence-electron chi connectivity index (χ1n) is 14.8. The Kier molecular flexibility index (Phi) is 9.71. The van der Waals surface area contributed by atoms with Crippen LogP contribution in [0.4, 0.5) is 26.7 Å². The Morgan fingerprint density at radius 3 is 2.32 bits per heavy atom. The van der Waals surface area contributed by atoms with Gasteiger partial charge in [-0.05, 0) is 83.0 Å². The first kappa shape index (κ1) is 35.3. The number of rotatable bonds is 9. The van der Waals surface area contributed by atoms with E-state index in [1.165, 1.54) is 22.7 Å². The zero-order valence-electron chi connectivity index (χ0n) is 27.5. The van der Waals surface area contributed by atoms with Crippen LogP contribution in [0.15, 0.2) is 42.6 Å². The molecule has 4 rings (SSSR count). The van der Waals surface area contributed by atoms with Gasteiger partial charge in [0.25, 0.3) is 0 Å². The molecule has 0 aliphatic rings. The van der Waals surface area contributed by atoms with Gasteiger partial charge in [0.1, 0.15) is 16.7 Å². The maximum absolute atomic E-state index is 15.3. The normalized spacial score (nSPS) is 12.4. The number of Topliss-reactive ketones (excluding diaryl/α,β-unsaturated/α-hetero) is 1. The highest BCUT2D eigenvalue weighted by Crippen LogP contribution is 2.41. The topological polar surface area (TPSA) is 86.5 Å². The number of aromatic nitrogens is 3. The molecule has 0 bridgehead atoms. The molecule has 2 aromatic carbocycles. The molecule has 2 aromatic heterocycles. The van der Waals surface area contributed by atoms with Gasteiger partial charge < -0.3 is 14.4 Å². The third kappa shape index (κ3) is 7.39. The van der Waals surface area contributed by atoms with Crippen LogP contribution in [0.1, 0.15) is 61.9 Å². The van der Waals surface area contributed by atoms with Crippen LogP contribution < -0.4 is 4.74 Å². The van der Waals surface area contributed by atoms with Gasteiger partial charge in [0, 0.05) is 55.5 Å². The zero-order chi connectivity index (χ0) is 35.1. The van der Waals surface area contributed by atoms with Crippen LogP contribution in [0.2, 0.25) is 0 Å². The van der Waals surface area contributed by atoms with Crippen LogP contribution >= 0.6 is 0 Å². The lowest BCUT2D eigenvalue weighted by atomic mass is 9.84. The van der Waals surface area contributed by atoms with Gasteiger partial charge in [0.15, 0.2) is 17.3 Å². The molecule has 8 nitrogen and oxygen atoms in total. The summed E-state index contributed by atoms with van der Waals surface area (Å²) >= 11 is 0. The molecule has 0 radical (unpaired) electrons. The van der Waals surface area contributed by atoms with E-state index in [0.29, 0.717) is 22.2 Å². The Morgan fingerprint density at radius 1 is 1.00 bits per heavy atom. The van der Waals surface area contributed by atoms with Gasteiger partial charge in [-0.2, -0.15) is 22.7 Å². The number of fused-ring (bicyclic) bond motifs is 1. The average molecular weight is 661 g/mol. The minimum Gasteiger partial charge on any atom is -0.489 e. The van der Waals surface area contributed by atoms with Gasteiger partial charge in [-0.15, -0.1) is 0 Å². The fourth-order valence-electron chi connectivity index (χ4n) is 4.88. The summed E-state index contributed by atoms with van der Waals surface area (Å²) < 4.78 is 83.3. The molecular formula is C34H37F5N4O4. The van der Waals surface area contributed by atoms with E-state index in [1.54, 1.807) is 65.2 Å². The molecule has 47 heavy (non-hydrogen) atoms. The third-order valence-corrected chi connectivity index (χ3v) is 7.85. The number of ether oxygens (including phenoxy) is 2. The highest BCUT2D eigenvalue weighted by atomic mass is 19.4. The van der Waals surface area contributed by atoms with Gasteiger partial charge in [-0.1, -0.05) is 6.07 Å². The van der Waals surface area contributed by atoms with E-state index in [0.717, 1.165) is 25.5 Å². The van der Waals surface area contributed by atoms with Crippen LogP contribution in [0.25, 0.3) is 22.0 Å². The summed E-state index contributed by atoms with van der Waals surface area (Å²) in [5.74, 6) is -4.03. The molecule has 0 atom stereocenters. The van der Waals surface area contributed by atoms with E-state index < -0.39 is 46.5 Å². The van der Waals surface area contributed by atoms with Crippen LogP contribution in [0.5, 0.6) is 5.75 Å². The smallest absolute Gasteiger partial charge is 0.410 e. The molecule has 0 unspecified atom stereocenters. The van der Waals surface area contributed by atoms with Gasteiger partial charge in [-0.3, -0.25) is 14.5 Å². The third-order valence-electron chi connectivity index (χ3n) is 7.85. The highest BCUT2D eigenvalue weighted by Gasteiger charge is 2.54. The Balaban J connectivity index is 1.66. The van der Waals surface area contributed by atoms with E-state index in [-0.39, 0.29) is 36.4 Å². The number of ketones is 1. The standard InChI is InChI=1S/C34H37F5N4O4/c1-19-22(28(41-43(19)8)30(44)33(5,6)34(37,38)39)14-16-46-29-23(10-11-25(35)27(29)36)20-9-12-26-24(17-20)21(13-15-40-26)18-42(7)31(45)47-32(2,3)4/h9-13,15,17H,14,16,18H2,1-8H3. The molecule has 0 N–H and O–H groups in total. The van der Waals surface area contributed by atoms with E-state index >= 15 is 4.39 Å². The number of hydrogen-bond donors (Lipinski definition) is 0. The maximum Gasteiger partial charge on any atom is 0.410 e. The summed E-state index contributed by atoms with van der Waals surface area (Å²) in [6.45, 7) is 8.33. The van der Waals surface area contributed by atoms with E-state index in [1.807, 2.05) is 0 Å². The summed E-state index contributed by atoms with van der Waals surface area (Å²) in [5, 5.41) is 4.69. The number of alkyl halides is 3. The van der Waals surface area contributed by atoms with Crippen molar-refractivity contribution < 1.29 is 41.0 Å². The highest BCUT2D eigenvalue weighted by molar-refractivity contribution is 6.00. The van der Waals surface area contributed by atoms with Gasteiger partial charge in [0.2, 0.25) is 5.82 Å². The Hall–Kier alpha value is -4.55. The summed E-state index contributed by atoms with van der Waals surface area (Å²) in [6, 6.07) is 9.15. The fraction of sp³-hybridized carbons (Fsp3) is 0.412. The molecule has 0 fully saturated rings. The number of nitrogens with zero attached hydrogens (tertiary/aromatic N) is 4. The first-order valence-corrected chi connectivity index (χ1v) is 14.8. The molecule has 2 heterocycles. The summed E-state index contributed by atoms with van der Waals surface area (Å²) in [5.41, 5.74) is -1.11. The van der Waals surface area contributed by atoms with E-state index in [2.05, 4.69) is 10.1 Å². The predicted molar refractivity (Wildman–Crippen MR) is 166 cm³/mol. The number of benzene rings is 2. The lowest BCUT2D eigenvalue weighted by Crippen LogP contribution is -2.40. The Morgan fingerprint density at radius 2 is 1.68 bits per heavy atom. The second-order valence-corrected chi connectivity index (χ2v) is 12.9. The number of halogens is 5. The number of hydrogen-bond acceptors (Lipinski definition) is 6. The van der Waals surface area contributed by atoms with Crippen molar-refractivity contribution in [2.45, 2.75) is 66.3 Å². The number of amides is 1. The number of aryl methyl sites for hydroxylation is 1. The summed E-state index contributed by atoms with van der Waals surface area (Å²) in [7, 11) is 3.09. The summed E-state index contributed by atoms with van der Waals surface area (Å²) in [4.78, 5) is 31.4. The average Bonchev–Trinajstić information content (AvgIpc) is 3.26. The molecule has 4 aromatic rings. The molecule has 0 saturated carbocycles. The minimum atomic E-state index is -4.82. The van der Waals surface area contributed by atoms with E-state index in [4.69, 9.17) is 9.47 Å². The van der Waals surface area contributed by atoms with Crippen molar-refractivity contribution in [3.63, 3.8) is 0 Å². The van der Waals surface area contributed by atoms with E-state index in [9.17, 15) is 27.2 Å².